The van der Waals surface area contributed by atoms with E-state index >= 15 is 0 Å². The molecular weight excluding hydrogens is 264 g/mol. The summed E-state index contributed by atoms with van der Waals surface area (Å²) in [7, 11) is 1.75. The van der Waals surface area contributed by atoms with Crippen LogP contribution in [-0.2, 0) is 11.3 Å². The van der Waals surface area contributed by atoms with E-state index in [2.05, 4.69) is 25.2 Å². The number of carbonyl (C=O) groups is 1. The van der Waals surface area contributed by atoms with Crippen molar-refractivity contribution in [2.24, 2.45) is 5.92 Å². The van der Waals surface area contributed by atoms with Crippen molar-refractivity contribution in [3.63, 3.8) is 0 Å². The van der Waals surface area contributed by atoms with Gasteiger partial charge in [-0.3, -0.25) is 0 Å². The van der Waals surface area contributed by atoms with Gasteiger partial charge in [-0.15, -0.1) is 0 Å². The van der Waals surface area contributed by atoms with Crippen molar-refractivity contribution in [2.45, 2.75) is 46.8 Å². The lowest BCUT2D eigenvalue weighted by molar-refractivity contribution is 0.0285. The topological polar surface area (TPSA) is 41.6 Å². The highest BCUT2D eigenvalue weighted by atomic mass is 16.6. The average Bonchev–Trinajstić information content (AvgIpc) is 2.34. The molecule has 0 unspecified atom stereocenters. The van der Waals surface area contributed by atoms with Crippen LogP contribution in [-0.4, -0.2) is 30.2 Å². The average molecular weight is 292 g/mol. The minimum Gasteiger partial charge on any atom is -0.444 e. The molecular formula is C17H28N2O2. The fourth-order valence-electron chi connectivity index (χ4n) is 1.78. The smallest absolute Gasteiger partial charge is 0.410 e. The number of anilines is 1. The second-order valence-corrected chi connectivity index (χ2v) is 6.81. The Hall–Kier alpha value is -1.71. The van der Waals surface area contributed by atoms with E-state index in [0.717, 1.165) is 17.8 Å². The highest BCUT2D eigenvalue weighted by molar-refractivity contribution is 5.67. The molecule has 0 bridgehead atoms. The summed E-state index contributed by atoms with van der Waals surface area (Å²) in [6, 6.07) is 8.13. The predicted molar refractivity (Wildman–Crippen MR) is 87.5 cm³/mol. The van der Waals surface area contributed by atoms with E-state index in [0.29, 0.717) is 12.5 Å². The van der Waals surface area contributed by atoms with Gasteiger partial charge < -0.3 is 15.0 Å². The van der Waals surface area contributed by atoms with E-state index in [1.807, 2.05) is 39.0 Å². The molecule has 0 fully saturated rings. The van der Waals surface area contributed by atoms with Crippen molar-refractivity contribution >= 4 is 11.8 Å². The fourth-order valence-corrected chi connectivity index (χ4v) is 1.78. The van der Waals surface area contributed by atoms with Crippen LogP contribution in [0.3, 0.4) is 0 Å². The van der Waals surface area contributed by atoms with Gasteiger partial charge >= 0.3 is 6.09 Å². The SMILES string of the molecule is CC(C)CNc1cccc(CN(C)C(=O)OC(C)(C)C)c1. The number of rotatable bonds is 5. The molecule has 0 aliphatic rings. The molecule has 0 spiro atoms. The Bertz CT molecular complexity index is 464. The van der Waals surface area contributed by atoms with Crippen LogP contribution in [0.4, 0.5) is 10.5 Å². The van der Waals surface area contributed by atoms with Gasteiger partial charge in [0.25, 0.3) is 0 Å². The van der Waals surface area contributed by atoms with E-state index < -0.39 is 5.60 Å². The van der Waals surface area contributed by atoms with Crippen LogP contribution < -0.4 is 5.32 Å². The maximum absolute atomic E-state index is 12.0. The fraction of sp³-hybridized carbons (Fsp3) is 0.588. The summed E-state index contributed by atoms with van der Waals surface area (Å²) in [4.78, 5) is 13.5. The lowest BCUT2D eigenvalue weighted by Crippen LogP contribution is -2.33. The molecule has 1 aromatic rings. The molecule has 4 heteroatoms. The van der Waals surface area contributed by atoms with Crippen LogP contribution in [0.15, 0.2) is 24.3 Å². The first-order chi connectivity index (χ1) is 9.67. The van der Waals surface area contributed by atoms with Crippen LogP contribution >= 0.6 is 0 Å². The number of hydrogen-bond donors (Lipinski definition) is 1. The summed E-state index contributed by atoms with van der Waals surface area (Å²) in [6.07, 6.45) is -0.303. The quantitative estimate of drug-likeness (QED) is 0.887. The third-order valence-electron chi connectivity index (χ3n) is 2.77. The minimum absolute atomic E-state index is 0.303. The van der Waals surface area contributed by atoms with Gasteiger partial charge in [-0.25, -0.2) is 4.79 Å². The second kappa shape index (κ2) is 7.34. The minimum atomic E-state index is -0.466. The standard InChI is InChI=1S/C17H28N2O2/c1-13(2)11-18-15-9-7-8-14(10-15)12-19(6)16(20)21-17(3,4)5/h7-10,13,18H,11-12H2,1-6H3. The molecule has 1 N–H and O–H groups in total. The molecule has 1 amide bonds. The van der Waals surface area contributed by atoms with Crippen molar-refractivity contribution in [3.05, 3.63) is 29.8 Å². The predicted octanol–water partition coefficient (Wildman–Crippen LogP) is 4.12. The number of nitrogens with zero attached hydrogens (tertiary/aromatic N) is 1. The van der Waals surface area contributed by atoms with Crippen molar-refractivity contribution in [1.82, 2.24) is 4.90 Å². The third-order valence-corrected chi connectivity index (χ3v) is 2.77. The Labute approximate surface area is 128 Å². The number of amides is 1. The Morgan fingerprint density at radius 3 is 2.57 bits per heavy atom. The zero-order valence-electron chi connectivity index (χ0n) is 14.1. The number of ether oxygens (including phenoxy) is 1. The molecule has 0 aromatic heterocycles. The second-order valence-electron chi connectivity index (χ2n) is 6.81. The zero-order chi connectivity index (χ0) is 16.0. The monoisotopic (exact) mass is 292 g/mol. The summed E-state index contributed by atoms with van der Waals surface area (Å²) in [5.41, 5.74) is 1.70. The molecule has 0 aliphatic carbocycles. The van der Waals surface area contributed by atoms with Crippen molar-refractivity contribution in [2.75, 3.05) is 18.9 Å². The van der Waals surface area contributed by atoms with Gasteiger partial charge in [0.1, 0.15) is 5.60 Å². The van der Waals surface area contributed by atoms with E-state index in [4.69, 9.17) is 4.74 Å². The first-order valence-electron chi connectivity index (χ1n) is 7.44. The summed E-state index contributed by atoms with van der Waals surface area (Å²) >= 11 is 0. The van der Waals surface area contributed by atoms with Crippen LogP contribution in [0.5, 0.6) is 0 Å². The summed E-state index contributed by atoms with van der Waals surface area (Å²) in [5.74, 6) is 0.595. The first kappa shape index (κ1) is 17.3. The summed E-state index contributed by atoms with van der Waals surface area (Å²) in [5, 5.41) is 3.39. The highest BCUT2D eigenvalue weighted by Gasteiger charge is 2.19. The Balaban J connectivity index is 2.61. The highest BCUT2D eigenvalue weighted by Crippen LogP contribution is 2.15. The normalized spacial score (nSPS) is 11.4. The number of benzene rings is 1. The van der Waals surface area contributed by atoms with E-state index in [1.54, 1.807) is 11.9 Å². The molecule has 0 saturated carbocycles. The first-order valence-corrected chi connectivity index (χ1v) is 7.44. The molecule has 0 atom stereocenters. The Morgan fingerprint density at radius 1 is 1.33 bits per heavy atom. The maximum atomic E-state index is 12.0. The lowest BCUT2D eigenvalue weighted by Gasteiger charge is -2.24. The van der Waals surface area contributed by atoms with Gasteiger partial charge in [0, 0.05) is 25.8 Å². The molecule has 4 nitrogen and oxygen atoms in total. The van der Waals surface area contributed by atoms with Gasteiger partial charge in [0.15, 0.2) is 0 Å². The van der Waals surface area contributed by atoms with Gasteiger partial charge in [0.05, 0.1) is 0 Å². The Morgan fingerprint density at radius 2 is 2.00 bits per heavy atom. The van der Waals surface area contributed by atoms with Crippen molar-refractivity contribution in [3.8, 4) is 0 Å². The molecule has 0 heterocycles. The molecule has 1 aromatic carbocycles. The van der Waals surface area contributed by atoms with E-state index in [1.165, 1.54) is 0 Å². The molecule has 1 rings (SSSR count). The number of carbonyl (C=O) groups excluding carboxylic acids is 1. The van der Waals surface area contributed by atoms with Gasteiger partial charge in [-0.1, -0.05) is 26.0 Å². The molecule has 118 valence electrons. The van der Waals surface area contributed by atoms with Gasteiger partial charge in [-0.2, -0.15) is 0 Å². The number of hydrogen-bond acceptors (Lipinski definition) is 3. The van der Waals surface area contributed by atoms with Gasteiger partial charge in [-0.05, 0) is 44.4 Å². The lowest BCUT2D eigenvalue weighted by atomic mass is 10.1. The third kappa shape index (κ3) is 7.02. The maximum Gasteiger partial charge on any atom is 0.410 e. The summed E-state index contributed by atoms with van der Waals surface area (Å²) in [6.45, 7) is 11.4. The van der Waals surface area contributed by atoms with Crippen LogP contribution in [0.25, 0.3) is 0 Å². The van der Waals surface area contributed by atoms with E-state index in [-0.39, 0.29) is 6.09 Å². The largest absolute Gasteiger partial charge is 0.444 e. The molecule has 0 saturated heterocycles. The van der Waals surface area contributed by atoms with Crippen LogP contribution in [0, 0.1) is 5.92 Å². The van der Waals surface area contributed by atoms with Gasteiger partial charge in [0.2, 0.25) is 0 Å². The van der Waals surface area contributed by atoms with Crippen molar-refractivity contribution < 1.29 is 9.53 Å². The van der Waals surface area contributed by atoms with Crippen LogP contribution in [0.1, 0.15) is 40.2 Å². The van der Waals surface area contributed by atoms with E-state index in [9.17, 15) is 4.79 Å². The molecule has 0 radical (unpaired) electrons. The number of nitrogens with one attached hydrogen (secondary N) is 1. The zero-order valence-corrected chi connectivity index (χ0v) is 14.1. The Kier molecular flexibility index (Phi) is 6.06. The van der Waals surface area contributed by atoms with Crippen LogP contribution in [0.2, 0.25) is 0 Å². The molecule has 0 aliphatic heterocycles. The summed E-state index contributed by atoms with van der Waals surface area (Å²) < 4.78 is 5.35. The van der Waals surface area contributed by atoms with Crippen molar-refractivity contribution in [1.29, 1.82) is 0 Å². The molecule has 21 heavy (non-hydrogen) atoms.